The summed E-state index contributed by atoms with van der Waals surface area (Å²) >= 11 is 0. The molecule has 2 amide bonds. The first-order valence-corrected chi connectivity index (χ1v) is 12.1. The van der Waals surface area contributed by atoms with Crippen molar-refractivity contribution in [1.29, 1.82) is 0 Å². The number of benzene rings is 2. The predicted octanol–water partition coefficient (Wildman–Crippen LogP) is 4.36. The number of fused-ring (bicyclic) bond motifs is 1. The van der Waals surface area contributed by atoms with Crippen LogP contribution in [0.5, 0.6) is 5.75 Å². The summed E-state index contributed by atoms with van der Waals surface area (Å²) < 4.78 is 49.7. The summed E-state index contributed by atoms with van der Waals surface area (Å²) in [5.41, 5.74) is -0.786. The van der Waals surface area contributed by atoms with Crippen molar-refractivity contribution in [1.82, 2.24) is 4.31 Å². The number of sulfonamides is 1. The molecule has 0 spiro atoms. The monoisotopic (exact) mass is 478 g/mol. The average molecular weight is 479 g/mol. The van der Waals surface area contributed by atoms with Crippen LogP contribution in [0.1, 0.15) is 40.2 Å². The van der Waals surface area contributed by atoms with Gasteiger partial charge in [0, 0.05) is 5.69 Å². The zero-order chi connectivity index (χ0) is 24.8. The molecular weight excluding hydrogens is 451 g/mol. The van der Waals surface area contributed by atoms with Gasteiger partial charge in [0.2, 0.25) is 10.0 Å². The summed E-state index contributed by atoms with van der Waals surface area (Å²) in [6, 6.07) is 10.2. The lowest BCUT2D eigenvalue weighted by atomic mass is 10.0. The summed E-state index contributed by atoms with van der Waals surface area (Å²) in [5, 5.41) is 0. The van der Waals surface area contributed by atoms with Crippen LogP contribution in [0.25, 0.3) is 0 Å². The van der Waals surface area contributed by atoms with E-state index in [9.17, 15) is 22.4 Å². The van der Waals surface area contributed by atoms with Crippen LogP contribution >= 0.6 is 0 Å². The Kier molecular flexibility index (Phi) is 6.18. The van der Waals surface area contributed by atoms with Gasteiger partial charge in [-0.3, -0.25) is 9.69 Å². The molecule has 0 radical (unpaired) electrons. The average Bonchev–Trinajstić information content (AvgIpc) is 2.65. The minimum atomic E-state index is -3.93. The van der Waals surface area contributed by atoms with Crippen molar-refractivity contribution in [3.05, 3.63) is 53.8 Å². The van der Waals surface area contributed by atoms with Crippen LogP contribution in [0.4, 0.5) is 20.6 Å². The van der Waals surface area contributed by atoms with Crippen LogP contribution in [-0.4, -0.2) is 42.2 Å². The van der Waals surface area contributed by atoms with Gasteiger partial charge in [-0.1, -0.05) is 6.07 Å². The number of ether oxygens (including phenoxy) is 2. The lowest BCUT2D eigenvalue weighted by Gasteiger charge is -2.39. The van der Waals surface area contributed by atoms with Gasteiger partial charge >= 0.3 is 6.09 Å². The molecule has 0 unspecified atom stereocenters. The topological polar surface area (TPSA) is 93.2 Å². The molecule has 0 N–H and O–H groups in total. The molecule has 1 heterocycles. The van der Waals surface area contributed by atoms with Crippen molar-refractivity contribution in [3.63, 3.8) is 0 Å². The van der Waals surface area contributed by atoms with E-state index in [1.54, 1.807) is 52.8 Å². The number of rotatable bonds is 4. The Morgan fingerprint density at radius 3 is 2.30 bits per heavy atom. The number of hydrogen-bond donors (Lipinski definition) is 0. The van der Waals surface area contributed by atoms with E-state index in [4.69, 9.17) is 9.47 Å². The molecule has 10 heteroatoms. The fraction of sp³-hybridized carbons (Fsp3) is 0.391. The number of carbonyl (C=O) groups is 2. The molecule has 1 aliphatic rings. The second-order valence-corrected chi connectivity index (χ2v) is 11.2. The molecule has 0 bridgehead atoms. The molecule has 2 aromatic rings. The number of hydrogen-bond acceptors (Lipinski definition) is 6. The summed E-state index contributed by atoms with van der Waals surface area (Å²) in [7, 11) is -3.93. The van der Waals surface area contributed by atoms with Crippen molar-refractivity contribution in [2.75, 3.05) is 11.2 Å². The van der Waals surface area contributed by atoms with E-state index in [-0.39, 0.29) is 12.5 Å². The normalized spacial score (nSPS) is 15.5. The number of anilines is 2. The molecule has 0 fully saturated rings. The van der Waals surface area contributed by atoms with Gasteiger partial charge in [0.1, 0.15) is 17.2 Å². The smallest absolute Gasteiger partial charge is 0.424 e. The third kappa shape index (κ3) is 5.44. The molecule has 0 aliphatic carbocycles. The Morgan fingerprint density at radius 1 is 1.15 bits per heavy atom. The van der Waals surface area contributed by atoms with Gasteiger partial charge in [0.15, 0.2) is 5.60 Å². The maximum Gasteiger partial charge on any atom is 0.424 e. The quantitative estimate of drug-likeness (QED) is 0.648. The van der Waals surface area contributed by atoms with Crippen molar-refractivity contribution in [2.45, 2.75) is 52.4 Å². The molecule has 1 aliphatic heterocycles. The third-order valence-corrected chi connectivity index (χ3v) is 5.84. The lowest BCUT2D eigenvalue weighted by Crippen LogP contribution is -2.50. The Labute approximate surface area is 192 Å². The first-order chi connectivity index (χ1) is 15.1. The highest BCUT2D eigenvalue weighted by atomic mass is 32.2. The minimum Gasteiger partial charge on any atom is -0.476 e. The van der Waals surface area contributed by atoms with E-state index >= 15 is 0 Å². The van der Waals surface area contributed by atoms with E-state index in [0.717, 1.165) is 6.26 Å². The standard InChI is InChI=1S/C23H27FN2O6S/c1-22(2,3)32-21(28)25(33(6,29)30)14-15-7-12-18-19(13-15)31-23(4,5)20(27)26(18)17-10-8-16(24)9-11-17/h7-13H,14H2,1-6H3. The molecule has 0 saturated heterocycles. The fourth-order valence-corrected chi connectivity index (χ4v) is 3.95. The Hall–Kier alpha value is -3.14. The van der Waals surface area contributed by atoms with Crippen molar-refractivity contribution in [3.8, 4) is 5.75 Å². The molecule has 0 aromatic heterocycles. The Morgan fingerprint density at radius 2 is 1.76 bits per heavy atom. The Bertz CT molecular complexity index is 1190. The largest absolute Gasteiger partial charge is 0.476 e. The van der Waals surface area contributed by atoms with Gasteiger partial charge in [0.25, 0.3) is 5.91 Å². The molecule has 8 nitrogen and oxygen atoms in total. The van der Waals surface area contributed by atoms with E-state index < -0.39 is 33.1 Å². The van der Waals surface area contributed by atoms with Gasteiger partial charge < -0.3 is 9.47 Å². The van der Waals surface area contributed by atoms with Crippen LogP contribution in [0.3, 0.4) is 0 Å². The molecule has 33 heavy (non-hydrogen) atoms. The minimum absolute atomic E-state index is 0.282. The summed E-state index contributed by atoms with van der Waals surface area (Å²) in [6.07, 6.45) is -0.0729. The molecular formula is C23H27FN2O6S. The van der Waals surface area contributed by atoms with Crippen LogP contribution in [-0.2, 0) is 26.1 Å². The first-order valence-electron chi connectivity index (χ1n) is 10.2. The lowest BCUT2D eigenvalue weighted by molar-refractivity contribution is -0.131. The van der Waals surface area contributed by atoms with E-state index in [1.165, 1.54) is 29.2 Å². The van der Waals surface area contributed by atoms with Crippen LogP contribution in [0.15, 0.2) is 42.5 Å². The summed E-state index contributed by atoms with van der Waals surface area (Å²) in [6.45, 7) is 7.84. The Balaban J connectivity index is 2.01. The number of carbonyl (C=O) groups excluding carboxylic acids is 2. The van der Waals surface area contributed by atoms with Crippen LogP contribution < -0.4 is 9.64 Å². The second-order valence-electron chi connectivity index (χ2n) is 9.28. The summed E-state index contributed by atoms with van der Waals surface area (Å²) in [5.74, 6) is -0.461. The summed E-state index contributed by atoms with van der Waals surface area (Å²) in [4.78, 5) is 27.0. The molecule has 0 saturated carbocycles. The first kappa shape index (κ1) is 24.5. The highest BCUT2D eigenvalue weighted by Gasteiger charge is 2.42. The van der Waals surface area contributed by atoms with Crippen molar-refractivity contribution < 1.29 is 31.9 Å². The third-order valence-electron chi connectivity index (χ3n) is 4.76. The highest BCUT2D eigenvalue weighted by molar-refractivity contribution is 7.88. The molecule has 178 valence electrons. The second kappa shape index (κ2) is 8.33. The zero-order valence-corrected chi connectivity index (χ0v) is 20.2. The van der Waals surface area contributed by atoms with Gasteiger partial charge in [-0.05, 0) is 76.6 Å². The molecule has 3 rings (SSSR count). The van der Waals surface area contributed by atoms with E-state index in [2.05, 4.69) is 0 Å². The van der Waals surface area contributed by atoms with E-state index in [1.807, 2.05) is 0 Å². The SMILES string of the molecule is CC(C)(C)OC(=O)N(Cc1ccc2c(c1)OC(C)(C)C(=O)N2c1ccc(F)cc1)S(C)(=O)=O. The number of amides is 2. The van der Waals surface area contributed by atoms with Gasteiger partial charge in [-0.2, -0.15) is 0 Å². The van der Waals surface area contributed by atoms with Crippen LogP contribution in [0, 0.1) is 5.82 Å². The highest BCUT2D eigenvalue weighted by Crippen LogP contribution is 2.42. The number of halogens is 1. The van der Waals surface area contributed by atoms with Crippen molar-refractivity contribution in [2.24, 2.45) is 0 Å². The van der Waals surface area contributed by atoms with Gasteiger partial charge in [-0.15, -0.1) is 0 Å². The molecule has 0 atom stereocenters. The van der Waals surface area contributed by atoms with Crippen molar-refractivity contribution >= 4 is 33.4 Å². The zero-order valence-electron chi connectivity index (χ0n) is 19.4. The van der Waals surface area contributed by atoms with Crippen LogP contribution in [0.2, 0.25) is 0 Å². The van der Waals surface area contributed by atoms with Gasteiger partial charge in [-0.25, -0.2) is 21.9 Å². The predicted molar refractivity (Wildman–Crippen MR) is 121 cm³/mol. The van der Waals surface area contributed by atoms with E-state index in [0.29, 0.717) is 27.0 Å². The van der Waals surface area contributed by atoms with Gasteiger partial charge in [0.05, 0.1) is 18.5 Å². The fourth-order valence-electron chi connectivity index (χ4n) is 3.26. The maximum absolute atomic E-state index is 13.4. The number of nitrogens with zero attached hydrogens (tertiary/aromatic N) is 2. The molecule has 2 aromatic carbocycles. The maximum atomic E-state index is 13.4.